The third-order valence-corrected chi connectivity index (χ3v) is 3.68. The van der Waals surface area contributed by atoms with Gasteiger partial charge in [0, 0.05) is 32.3 Å². The van der Waals surface area contributed by atoms with E-state index < -0.39 is 5.97 Å². The van der Waals surface area contributed by atoms with Crippen LogP contribution in [0.1, 0.15) is 39.3 Å². The quantitative estimate of drug-likeness (QED) is 0.531. The number of aromatic amines is 1. The van der Waals surface area contributed by atoms with Crippen LogP contribution in [0.3, 0.4) is 0 Å². The van der Waals surface area contributed by atoms with Crippen LogP contribution in [0.25, 0.3) is 0 Å². The summed E-state index contributed by atoms with van der Waals surface area (Å²) in [6.45, 7) is 1.96. The maximum Gasteiger partial charge on any atom is 0.356 e. The fraction of sp³-hybridized carbons (Fsp3) is 0.333. The van der Waals surface area contributed by atoms with Crippen LogP contribution >= 0.6 is 11.3 Å². The molecule has 0 aliphatic rings. The summed E-state index contributed by atoms with van der Waals surface area (Å²) < 4.78 is 0. The second-order valence-electron chi connectivity index (χ2n) is 4.12. The van der Waals surface area contributed by atoms with Crippen LogP contribution in [0.2, 0.25) is 0 Å². The first-order valence-electron chi connectivity index (χ1n) is 6.05. The van der Waals surface area contributed by atoms with Gasteiger partial charge in [0.2, 0.25) is 0 Å². The van der Waals surface area contributed by atoms with Crippen LogP contribution < -0.4 is 5.32 Å². The molecular formula is C12H14N4O3S. The van der Waals surface area contributed by atoms with E-state index in [2.05, 4.69) is 20.3 Å². The Balaban J connectivity index is 1.91. The smallest absolute Gasteiger partial charge is 0.356 e. The van der Waals surface area contributed by atoms with Crippen molar-refractivity contribution in [3.63, 3.8) is 0 Å². The number of Topliss-reactive ketones (excluding diaryl/α,β-unsaturated/α-hetero) is 1. The molecule has 7 nitrogen and oxygen atoms in total. The fourth-order valence-corrected chi connectivity index (χ4v) is 2.54. The van der Waals surface area contributed by atoms with E-state index in [1.54, 1.807) is 12.4 Å². The molecule has 2 heterocycles. The summed E-state index contributed by atoms with van der Waals surface area (Å²) in [5.41, 5.74) is -0.184. The first-order valence-corrected chi connectivity index (χ1v) is 6.86. The number of ketones is 1. The van der Waals surface area contributed by atoms with Crippen molar-refractivity contribution in [2.45, 2.75) is 19.8 Å². The zero-order valence-corrected chi connectivity index (χ0v) is 11.7. The zero-order chi connectivity index (χ0) is 14.5. The first-order chi connectivity index (χ1) is 9.58. The number of carboxylic acid groups (broad SMARTS) is 1. The molecule has 0 aliphatic heterocycles. The Kier molecular flexibility index (Phi) is 4.46. The number of aromatic nitrogens is 3. The second-order valence-corrected chi connectivity index (χ2v) is 5.12. The number of rotatable bonds is 7. The summed E-state index contributed by atoms with van der Waals surface area (Å²) >= 11 is 1.07. The molecule has 0 bridgehead atoms. The Morgan fingerprint density at radius 3 is 2.85 bits per heavy atom. The van der Waals surface area contributed by atoms with Crippen LogP contribution in [0.15, 0.2) is 12.4 Å². The Morgan fingerprint density at radius 2 is 2.30 bits per heavy atom. The predicted octanol–water partition coefficient (Wildman–Crippen LogP) is 1.81. The normalized spacial score (nSPS) is 10.4. The molecule has 0 fully saturated rings. The number of aromatic carboxylic acids is 1. The molecular weight excluding hydrogens is 280 g/mol. The number of hydrogen-bond acceptors (Lipinski definition) is 6. The number of H-pyrrole nitrogens is 1. The maximum atomic E-state index is 11.3. The van der Waals surface area contributed by atoms with Crippen LogP contribution in [-0.4, -0.2) is 38.4 Å². The summed E-state index contributed by atoms with van der Waals surface area (Å²) in [5, 5.41) is 12.5. The van der Waals surface area contributed by atoms with E-state index in [-0.39, 0.29) is 16.4 Å². The number of nitrogens with one attached hydrogen (secondary N) is 2. The van der Waals surface area contributed by atoms with Gasteiger partial charge in [-0.15, -0.1) is 0 Å². The van der Waals surface area contributed by atoms with Gasteiger partial charge in [-0.3, -0.25) is 4.79 Å². The molecule has 20 heavy (non-hydrogen) atoms. The largest absolute Gasteiger partial charge is 0.476 e. The molecule has 0 amide bonds. The Bertz CT molecular complexity index is 575. The molecule has 0 spiro atoms. The van der Waals surface area contributed by atoms with E-state index in [4.69, 9.17) is 5.11 Å². The Morgan fingerprint density at radius 1 is 1.50 bits per heavy atom. The van der Waals surface area contributed by atoms with Gasteiger partial charge in [-0.1, -0.05) is 11.3 Å². The molecule has 0 saturated carbocycles. The highest BCUT2D eigenvalue weighted by atomic mass is 32.1. The number of hydrogen-bond donors (Lipinski definition) is 3. The van der Waals surface area contributed by atoms with E-state index in [0.29, 0.717) is 11.7 Å². The van der Waals surface area contributed by atoms with Crippen molar-refractivity contribution in [3.05, 3.63) is 28.8 Å². The predicted molar refractivity (Wildman–Crippen MR) is 74.5 cm³/mol. The van der Waals surface area contributed by atoms with Gasteiger partial charge >= 0.3 is 5.97 Å². The molecule has 0 aliphatic carbocycles. The van der Waals surface area contributed by atoms with Crippen LogP contribution in [0.5, 0.6) is 0 Å². The lowest BCUT2D eigenvalue weighted by Gasteiger charge is -2.00. The minimum absolute atomic E-state index is 0.172. The highest BCUT2D eigenvalue weighted by molar-refractivity contribution is 7.17. The highest BCUT2D eigenvalue weighted by Gasteiger charge is 2.20. The Labute approximate surface area is 119 Å². The number of carbonyl (C=O) groups is 2. The van der Waals surface area contributed by atoms with Crippen molar-refractivity contribution >= 4 is 28.2 Å². The minimum atomic E-state index is -1.19. The molecule has 2 aromatic rings. The van der Waals surface area contributed by atoms with E-state index in [1.807, 2.05) is 0 Å². The molecule has 3 N–H and O–H groups in total. The lowest BCUT2D eigenvalue weighted by atomic mass is 10.3. The maximum absolute atomic E-state index is 11.3. The molecule has 0 saturated heterocycles. The molecule has 8 heteroatoms. The van der Waals surface area contributed by atoms with Crippen molar-refractivity contribution in [2.24, 2.45) is 0 Å². The van der Waals surface area contributed by atoms with Crippen molar-refractivity contribution in [1.29, 1.82) is 0 Å². The summed E-state index contributed by atoms with van der Waals surface area (Å²) in [4.78, 5) is 33.5. The number of imidazole rings is 1. The molecule has 0 radical (unpaired) electrons. The summed E-state index contributed by atoms with van der Waals surface area (Å²) in [6, 6.07) is 0. The van der Waals surface area contributed by atoms with Gasteiger partial charge in [-0.2, -0.15) is 0 Å². The first kappa shape index (κ1) is 14.2. The summed E-state index contributed by atoms with van der Waals surface area (Å²) in [7, 11) is 0. The third-order valence-electron chi connectivity index (χ3n) is 2.57. The van der Waals surface area contributed by atoms with E-state index in [9.17, 15) is 9.59 Å². The van der Waals surface area contributed by atoms with Gasteiger partial charge in [0.25, 0.3) is 0 Å². The van der Waals surface area contributed by atoms with E-state index in [0.717, 1.165) is 30.0 Å². The number of nitrogens with zero attached hydrogens (tertiary/aromatic N) is 2. The third kappa shape index (κ3) is 3.41. The molecule has 106 valence electrons. The zero-order valence-electron chi connectivity index (χ0n) is 10.8. The van der Waals surface area contributed by atoms with Gasteiger partial charge in [0.15, 0.2) is 16.6 Å². The summed E-state index contributed by atoms with van der Waals surface area (Å²) in [6.07, 6.45) is 5.07. The second kappa shape index (κ2) is 6.29. The minimum Gasteiger partial charge on any atom is -0.476 e. The number of aryl methyl sites for hydroxylation is 1. The van der Waals surface area contributed by atoms with Crippen molar-refractivity contribution in [2.75, 3.05) is 11.9 Å². The Hall–Kier alpha value is -2.22. The fourth-order valence-electron chi connectivity index (χ4n) is 1.67. The lowest BCUT2D eigenvalue weighted by molar-refractivity contribution is 0.0687. The summed E-state index contributed by atoms with van der Waals surface area (Å²) in [5.74, 6) is -0.569. The van der Waals surface area contributed by atoms with Crippen LogP contribution in [-0.2, 0) is 6.42 Å². The van der Waals surface area contributed by atoms with Gasteiger partial charge < -0.3 is 15.4 Å². The van der Waals surface area contributed by atoms with Crippen molar-refractivity contribution in [3.8, 4) is 0 Å². The molecule has 2 rings (SSSR count). The average molecular weight is 294 g/mol. The van der Waals surface area contributed by atoms with E-state index >= 15 is 0 Å². The van der Waals surface area contributed by atoms with Crippen LogP contribution in [0, 0.1) is 0 Å². The standard InChI is InChI=1S/C12H14N4O3S/c1-7(17)10-9(11(18)19)16-12(20-10)15-4-2-3-8-13-5-6-14-8/h5-6H,2-4H2,1H3,(H,13,14)(H,15,16)(H,18,19). The molecule has 0 atom stereocenters. The number of carbonyl (C=O) groups excluding carboxylic acids is 1. The topological polar surface area (TPSA) is 108 Å². The van der Waals surface area contributed by atoms with Gasteiger partial charge in [-0.25, -0.2) is 14.8 Å². The molecule has 2 aromatic heterocycles. The van der Waals surface area contributed by atoms with Gasteiger partial charge in [0.05, 0.1) is 0 Å². The number of anilines is 1. The van der Waals surface area contributed by atoms with Crippen molar-refractivity contribution in [1.82, 2.24) is 15.0 Å². The monoisotopic (exact) mass is 294 g/mol. The molecule has 0 aromatic carbocycles. The van der Waals surface area contributed by atoms with Gasteiger partial charge in [-0.05, 0) is 6.42 Å². The van der Waals surface area contributed by atoms with Crippen molar-refractivity contribution < 1.29 is 14.7 Å². The van der Waals surface area contributed by atoms with Crippen LogP contribution in [0.4, 0.5) is 5.13 Å². The number of thiazole rings is 1. The van der Waals surface area contributed by atoms with Gasteiger partial charge in [0.1, 0.15) is 10.7 Å². The highest BCUT2D eigenvalue weighted by Crippen LogP contribution is 2.23. The lowest BCUT2D eigenvalue weighted by Crippen LogP contribution is -2.05. The number of carboxylic acids is 1. The van der Waals surface area contributed by atoms with E-state index in [1.165, 1.54) is 6.92 Å². The SMILES string of the molecule is CC(=O)c1sc(NCCCc2ncc[nH]2)nc1C(=O)O. The average Bonchev–Trinajstić information content (AvgIpc) is 3.04. The molecule has 0 unspecified atom stereocenters.